The lowest BCUT2D eigenvalue weighted by Crippen LogP contribution is -2.53. The van der Waals surface area contributed by atoms with Crippen LogP contribution in [0.15, 0.2) is 48.5 Å². The Bertz CT molecular complexity index is 1210. The Hall–Kier alpha value is -3.87. The number of rotatable bonds is 9. The first-order chi connectivity index (χ1) is 18.8. The van der Waals surface area contributed by atoms with Crippen molar-refractivity contribution in [2.24, 2.45) is 0 Å². The highest BCUT2D eigenvalue weighted by Gasteiger charge is 2.38. The largest absolute Gasteiger partial charge is 0.573 e. The molecule has 3 atom stereocenters. The second kappa shape index (κ2) is 13.2. The Morgan fingerprint density at radius 2 is 1.44 bits per heavy atom. The molecule has 0 aliphatic carbocycles. The second-order valence-electron chi connectivity index (χ2n) is 11.1. The summed E-state index contributed by atoms with van der Waals surface area (Å²) in [6, 6.07) is 7.84. The van der Waals surface area contributed by atoms with Gasteiger partial charge in [0.05, 0.1) is 6.04 Å². The molecule has 0 aliphatic heterocycles. The van der Waals surface area contributed by atoms with Crippen LogP contribution < -0.4 is 15.4 Å². The number of hydrogen-bond acceptors (Lipinski definition) is 7. The van der Waals surface area contributed by atoms with Crippen LogP contribution in [0.1, 0.15) is 58.7 Å². The number of ether oxygens (including phenoxy) is 3. The van der Waals surface area contributed by atoms with Crippen LogP contribution in [0.3, 0.4) is 0 Å². The summed E-state index contributed by atoms with van der Waals surface area (Å²) < 4.78 is 67.7. The second-order valence-corrected chi connectivity index (χ2v) is 11.1. The van der Waals surface area contributed by atoms with E-state index >= 15 is 4.39 Å². The van der Waals surface area contributed by atoms with Crippen LogP contribution in [0.5, 0.6) is 5.75 Å². The van der Waals surface area contributed by atoms with Gasteiger partial charge in [0.15, 0.2) is 23.7 Å². The van der Waals surface area contributed by atoms with E-state index in [0.717, 1.165) is 12.1 Å². The fourth-order valence-electron chi connectivity index (χ4n) is 3.56. The van der Waals surface area contributed by atoms with Crippen molar-refractivity contribution in [3.8, 4) is 5.75 Å². The number of nitrogens with one attached hydrogen (secondary N) is 2. The number of alkyl carbamates (subject to hydrolysis) is 1. The maximum Gasteiger partial charge on any atom is 0.573 e. The molecule has 2 aromatic rings. The summed E-state index contributed by atoms with van der Waals surface area (Å²) >= 11 is 0. The molecule has 13 heteroatoms. The third-order valence-electron chi connectivity index (χ3n) is 5.11. The predicted octanol–water partition coefficient (Wildman–Crippen LogP) is 4.72. The lowest BCUT2D eigenvalue weighted by molar-refractivity contribution is -0.275. The lowest BCUT2D eigenvalue weighted by Gasteiger charge is -2.29. The van der Waals surface area contributed by atoms with Crippen molar-refractivity contribution in [3.05, 3.63) is 65.5 Å². The van der Waals surface area contributed by atoms with Crippen LogP contribution in [-0.2, 0) is 25.5 Å². The van der Waals surface area contributed by atoms with Crippen LogP contribution in [0.4, 0.5) is 22.4 Å². The highest BCUT2D eigenvalue weighted by atomic mass is 19.4. The topological polar surface area (TPSA) is 123 Å². The van der Waals surface area contributed by atoms with Crippen molar-refractivity contribution in [1.29, 1.82) is 0 Å². The van der Waals surface area contributed by atoms with Gasteiger partial charge in [-0.3, -0.25) is 4.79 Å². The molecule has 2 amide bonds. The van der Waals surface area contributed by atoms with E-state index in [1.54, 1.807) is 51.1 Å². The van der Waals surface area contributed by atoms with Crippen molar-refractivity contribution < 1.29 is 51.3 Å². The van der Waals surface area contributed by atoms with E-state index in [-0.39, 0.29) is 6.42 Å². The Balaban J connectivity index is 2.43. The fraction of sp³-hybridized carbons (Fsp3) is 0.464. The number of benzene rings is 2. The fourth-order valence-corrected chi connectivity index (χ4v) is 3.56. The number of alkyl halides is 3. The Kier molecular flexibility index (Phi) is 10.7. The monoisotopic (exact) mass is 586 g/mol. The zero-order valence-corrected chi connectivity index (χ0v) is 23.5. The molecule has 226 valence electrons. The number of carbonyl (C=O) groups excluding carboxylic acids is 3. The summed E-state index contributed by atoms with van der Waals surface area (Å²) in [5, 5.41) is 15.5. The van der Waals surface area contributed by atoms with Crippen molar-refractivity contribution in [2.75, 3.05) is 0 Å². The van der Waals surface area contributed by atoms with Gasteiger partial charge in [0, 0.05) is 5.56 Å². The zero-order chi connectivity index (χ0) is 31.2. The Labute approximate surface area is 235 Å². The molecule has 3 N–H and O–H groups in total. The number of halogens is 4. The molecule has 0 spiro atoms. The molecule has 2 rings (SSSR count). The normalized spacial score (nSPS) is 14.3. The van der Waals surface area contributed by atoms with Gasteiger partial charge in [-0.15, -0.1) is 13.2 Å². The van der Waals surface area contributed by atoms with Crippen LogP contribution in [0.25, 0.3) is 0 Å². The first-order valence-electron chi connectivity index (χ1n) is 12.5. The average Bonchev–Trinajstić information content (AvgIpc) is 2.80. The van der Waals surface area contributed by atoms with E-state index in [2.05, 4.69) is 15.4 Å². The molecular formula is C28H34F4N2O7. The third kappa shape index (κ3) is 11.3. The minimum atomic E-state index is -5.24. The van der Waals surface area contributed by atoms with E-state index < -0.39 is 70.9 Å². The lowest BCUT2D eigenvalue weighted by atomic mass is 9.99. The number of carbonyl (C=O) groups is 3. The average molecular weight is 587 g/mol. The summed E-state index contributed by atoms with van der Waals surface area (Å²) in [7, 11) is 0. The standard InChI is InChI=1S/C28H34F4N2O7/c1-26(2,3)40-24(37)21(17-13-10-14-19(20(17)29)39-28(30,31)32)34-23(36)22(35)18(15-16-11-8-7-9-12-16)33-25(38)41-27(4,5)6/h7-14,18,21-22,35H,15H2,1-6H3,(H,33,38)(H,34,36)/t18-,21+,22+/m1/s1. The molecule has 0 radical (unpaired) electrons. The van der Waals surface area contributed by atoms with Gasteiger partial charge in [0.2, 0.25) is 0 Å². The summed E-state index contributed by atoms with van der Waals surface area (Å²) in [4.78, 5) is 38.7. The van der Waals surface area contributed by atoms with Gasteiger partial charge in [-0.1, -0.05) is 42.5 Å². The minimum absolute atomic E-state index is 0.0605. The molecule has 9 nitrogen and oxygen atoms in total. The van der Waals surface area contributed by atoms with Crippen LogP contribution >= 0.6 is 0 Å². The summed E-state index contributed by atoms with van der Waals surface area (Å²) in [5.74, 6) is -5.30. The van der Waals surface area contributed by atoms with Gasteiger partial charge in [-0.25, -0.2) is 14.0 Å². The van der Waals surface area contributed by atoms with Crippen LogP contribution in [-0.4, -0.2) is 52.8 Å². The maximum absolute atomic E-state index is 15.2. The van der Waals surface area contributed by atoms with E-state index in [9.17, 15) is 32.7 Å². The van der Waals surface area contributed by atoms with E-state index in [4.69, 9.17) is 9.47 Å². The van der Waals surface area contributed by atoms with Crippen LogP contribution in [0, 0.1) is 5.82 Å². The highest BCUT2D eigenvalue weighted by Crippen LogP contribution is 2.31. The van der Waals surface area contributed by atoms with Gasteiger partial charge in [-0.2, -0.15) is 0 Å². The van der Waals surface area contributed by atoms with Gasteiger partial charge in [0.1, 0.15) is 11.2 Å². The van der Waals surface area contributed by atoms with E-state index in [0.29, 0.717) is 11.6 Å². The third-order valence-corrected chi connectivity index (χ3v) is 5.11. The molecular weight excluding hydrogens is 552 g/mol. The van der Waals surface area contributed by atoms with Gasteiger partial charge in [0.25, 0.3) is 5.91 Å². The molecule has 0 unspecified atom stereocenters. The molecule has 0 aromatic heterocycles. The summed E-state index contributed by atoms with van der Waals surface area (Å²) in [5.41, 5.74) is -2.13. The first-order valence-corrected chi connectivity index (χ1v) is 12.5. The predicted molar refractivity (Wildman–Crippen MR) is 139 cm³/mol. The number of hydrogen-bond donors (Lipinski definition) is 3. The molecule has 0 heterocycles. The van der Waals surface area contributed by atoms with Gasteiger partial charge >= 0.3 is 18.4 Å². The number of aliphatic hydroxyl groups excluding tert-OH is 1. The SMILES string of the molecule is CC(C)(C)OC(=O)N[C@H](Cc1ccccc1)[C@H](O)C(=O)N[C@H](C(=O)OC(C)(C)C)c1cccc(OC(F)(F)F)c1F. The minimum Gasteiger partial charge on any atom is -0.458 e. The molecule has 0 aliphatic rings. The summed E-state index contributed by atoms with van der Waals surface area (Å²) in [6.45, 7) is 9.28. The zero-order valence-electron chi connectivity index (χ0n) is 23.5. The quantitative estimate of drug-likeness (QED) is 0.287. The Morgan fingerprint density at radius 3 is 1.98 bits per heavy atom. The van der Waals surface area contributed by atoms with Gasteiger partial charge < -0.3 is 30.0 Å². The van der Waals surface area contributed by atoms with E-state index in [1.165, 1.54) is 20.8 Å². The van der Waals surface area contributed by atoms with Crippen molar-refractivity contribution >= 4 is 18.0 Å². The molecule has 0 fully saturated rings. The first kappa shape index (κ1) is 33.3. The maximum atomic E-state index is 15.2. The van der Waals surface area contributed by atoms with Crippen molar-refractivity contribution in [3.63, 3.8) is 0 Å². The molecule has 0 saturated carbocycles. The molecule has 0 bridgehead atoms. The Morgan fingerprint density at radius 1 is 0.854 bits per heavy atom. The van der Waals surface area contributed by atoms with Gasteiger partial charge in [-0.05, 0) is 59.6 Å². The van der Waals surface area contributed by atoms with E-state index in [1.807, 2.05) is 0 Å². The smallest absolute Gasteiger partial charge is 0.458 e. The number of aliphatic hydroxyl groups is 1. The van der Waals surface area contributed by atoms with Crippen LogP contribution in [0.2, 0.25) is 0 Å². The van der Waals surface area contributed by atoms with Crippen molar-refractivity contribution in [1.82, 2.24) is 10.6 Å². The van der Waals surface area contributed by atoms with Crippen molar-refractivity contribution in [2.45, 2.75) is 83.7 Å². The number of esters is 1. The number of amides is 2. The summed E-state index contributed by atoms with van der Waals surface area (Å²) in [6.07, 6.45) is -8.27. The molecule has 2 aromatic carbocycles. The highest BCUT2D eigenvalue weighted by molar-refractivity contribution is 5.88. The molecule has 41 heavy (non-hydrogen) atoms. The molecule has 0 saturated heterocycles.